The number of terminal acetylenes is 1. The lowest BCUT2D eigenvalue weighted by atomic mass is 9.98. The van der Waals surface area contributed by atoms with E-state index in [4.69, 9.17) is 28.1 Å². The van der Waals surface area contributed by atoms with Gasteiger partial charge in [-0.05, 0) is 57.2 Å². The summed E-state index contributed by atoms with van der Waals surface area (Å²) in [6, 6.07) is 6.25. The van der Waals surface area contributed by atoms with E-state index in [-0.39, 0.29) is 29.2 Å². The summed E-state index contributed by atoms with van der Waals surface area (Å²) in [7, 11) is -3.59. The molecule has 2 fully saturated rings. The van der Waals surface area contributed by atoms with Crippen molar-refractivity contribution in [1.82, 2.24) is 19.5 Å². The van der Waals surface area contributed by atoms with Crippen LogP contribution in [0.1, 0.15) is 59.8 Å². The molecule has 1 unspecified atom stereocenters. The molecule has 2 atom stereocenters. The van der Waals surface area contributed by atoms with Crippen LogP contribution in [0.25, 0.3) is 5.65 Å². The van der Waals surface area contributed by atoms with Crippen LogP contribution in [0.15, 0.2) is 30.5 Å². The SMILES string of the molecule is C#CC1CCCN1c1nc2cc([C@@H]3CCCCN3C(=O)c3cc(Cl)ccc3NS(C)(=O)=O)nn2cc1C. The number of hydrogen-bond donors (Lipinski definition) is 1. The van der Waals surface area contributed by atoms with Crippen molar-refractivity contribution in [2.45, 2.75) is 51.1 Å². The summed E-state index contributed by atoms with van der Waals surface area (Å²) in [6.07, 6.45) is 13.3. The van der Waals surface area contributed by atoms with Crippen molar-refractivity contribution in [3.8, 4) is 12.3 Å². The molecule has 1 N–H and O–H groups in total. The first-order valence-corrected chi connectivity index (χ1v) is 14.6. The molecule has 2 aliphatic rings. The third kappa shape index (κ3) is 5.11. The Morgan fingerprint density at radius 3 is 2.76 bits per heavy atom. The number of carbonyl (C=O) groups excluding carboxylic acids is 1. The molecule has 4 heterocycles. The fraction of sp³-hybridized carbons (Fsp3) is 0.423. The van der Waals surface area contributed by atoms with Crippen LogP contribution in [0, 0.1) is 19.3 Å². The molecule has 0 spiro atoms. The zero-order chi connectivity index (χ0) is 26.3. The second-order valence-electron chi connectivity index (χ2n) is 9.71. The Balaban J connectivity index is 1.50. The van der Waals surface area contributed by atoms with Gasteiger partial charge in [0.1, 0.15) is 5.82 Å². The van der Waals surface area contributed by atoms with E-state index in [1.54, 1.807) is 15.5 Å². The fourth-order valence-electron chi connectivity index (χ4n) is 5.29. The Kier molecular flexibility index (Phi) is 6.77. The smallest absolute Gasteiger partial charge is 0.256 e. The average molecular weight is 541 g/mol. The minimum atomic E-state index is -3.59. The molecule has 5 rings (SSSR count). The molecule has 0 aliphatic carbocycles. The summed E-state index contributed by atoms with van der Waals surface area (Å²) >= 11 is 6.19. The number of nitrogens with zero attached hydrogens (tertiary/aromatic N) is 5. The highest BCUT2D eigenvalue weighted by molar-refractivity contribution is 7.92. The highest BCUT2D eigenvalue weighted by atomic mass is 35.5. The van der Waals surface area contributed by atoms with E-state index >= 15 is 0 Å². The Hall–Kier alpha value is -3.29. The first kappa shape index (κ1) is 25.4. The maximum absolute atomic E-state index is 13.8. The number of fused-ring (bicyclic) bond motifs is 1. The highest BCUT2D eigenvalue weighted by Crippen LogP contribution is 2.35. The zero-order valence-electron chi connectivity index (χ0n) is 20.8. The Morgan fingerprint density at radius 1 is 1.19 bits per heavy atom. The second-order valence-corrected chi connectivity index (χ2v) is 11.9. The van der Waals surface area contributed by atoms with Crippen LogP contribution in [-0.2, 0) is 10.0 Å². The van der Waals surface area contributed by atoms with Crippen LogP contribution in [0.5, 0.6) is 0 Å². The number of benzene rings is 1. The third-order valence-electron chi connectivity index (χ3n) is 6.95. The van der Waals surface area contributed by atoms with Crippen molar-refractivity contribution in [2.24, 2.45) is 0 Å². The summed E-state index contributed by atoms with van der Waals surface area (Å²) in [5.74, 6) is 3.44. The first-order valence-electron chi connectivity index (χ1n) is 12.3. The number of likely N-dealkylation sites (tertiary alicyclic amines) is 1. The third-order valence-corrected chi connectivity index (χ3v) is 7.78. The number of aryl methyl sites for hydroxylation is 1. The Bertz CT molecular complexity index is 1510. The van der Waals surface area contributed by atoms with Gasteiger partial charge in [-0.1, -0.05) is 17.5 Å². The summed E-state index contributed by atoms with van der Waals surface area (Å²) in [4.78, 5) is 22.6. The predicted molar refractivity (Wildman–Crippen MR) is 144 cm³/mol. The van der Waals surface area contributed by atoms with E-state index in [1.165, 1.54) is 12.1 Å². The van der Waals surface area contributed by atoms with Gasteiger partial charge in [-0.3, -0.25) is 9.52 Å². The number of aromatic nitrogens is 3. The number of rotatable bonds is 5. The van der Waals surface area contributed by atoms with Crippen LogP contribution in [0.3, 0.4) is 0 Å². The lowest BCUT2D eigenvalue weighted by molar-refractivity contribution is 0.0607. The molecule has 194 valence electrons. The Morgan fingerprint density at radius 2 is 2.00 bits per heavy atom. The fourth-order valence-corrected chi connectivity index (χ4v) is 6.03. The van der Waals surface area contributed by atoms with E-state index in [1.807, 2.05) is 19.2 Å². The molecule has 37 heavy (non-hydrogen) atoms. The topological polar surface area (TPSA) is 99.9 Å². The van der Waals surface area contributed by atoms with Crippen molar-refractivity contribution in [3.05, 3.63) is 52.3 Å². The van der Waals surface area contributed by atoms with Gasteiger partial charge in [0.2, 0.25) is 10.0 Å². The van der Waals surface area contributed by atoms with Crippen molar-refractivity contribution in [3.63, 3.8) is 0 Å². The first-order chi connectivity index (χ1) is 17.6. The lowest BCUT2D eigenvalue weighted by Crippen LogP contribution is -2.39. The highest BCUT2D eigenvalue weighted by Gasteiger charge is 2.33. The molecular formula is C26H29ClN6O3S. The number of sulfonamides is 1. The molecule has 2 aromatic heterocycles. The summed E-state index contributed by atoms with van der Waals surface area (Å²) < 4.78 is 28.0. The molecule has 0 saturated carbocycles. The predicted octanol–water partition coefficient (Wildman–Crippen LogP) is 4.03. The number of piperidine rings is 1. The maximum Gasteiger partial charge on any atom is 0.256 e. The largest absolute Gasteiger partial charge is 0.342 e. The van der Waals surface area contributed by atoms with Crippen LogP contribution in [0.2, 0.25) is 5.02 Å². The molecule has 11 heteroatoms. The van der Waals surface area contributed by atoms with E-state index in [2.05, 4.69) is 15.5 Å². The quantitative estimate of drug-likeness (QED) is 0.490. The molecule has 3 aromatic rings. The van der Waals surface area contributed by atoms with Crippen LogP contribution in [0.4, 0.5) is 11.5 Å². The molecule has 9 nitrogen and oxygen atoms in total. The van der Waals surface area contributed by atoms with Gasteiger partial charge in [0.25, 0.3) is 5.91 Å². The van der Waals surface area contributed by atoms with Gasteiger partial charge in [0, 0.05) is 35.9 Å². The van der Waals surface area contributed by atoms with Crippen LogP contribution in [-0.4, -0.2) is 59.2 Å². The average Bonchev–Trinajstić information content (AvgIpc) is 3.49. The second kappa shape index (κ2) is 9.88. The van der Waals surface area contributed by atoms with Crippen LogP contribution < -0.4 is 9.62 Å². The monoisotopic (exact) mass is 540 g/mol. The number of amides is 1. The Labute approximate surface area is 221 Å². The molecule has 2 aliphatic heterocycles. The van der Waals surface area contributed by atoms with Gasteiger partial charge in [0.15, 0.2) is 5.65 Å². The molecule has 1 amide bonds. The van der Waals surface area contributed by atoms with Crippen LogP contribution >= 0.6 is 11.6 Å². The van der Waals surface area contributed by atoms with Gasteiger partial charge in [-0.15, -0.1) is 6.42 Å². The van der Waals surface area contributed by atoms with Gasteiger partial charge in [-0.25, -0.2) is 17.9 Å². The number of carbonyl (C=O) groups is 1. The molecule has 0 radical (unpaired) electrons. The molecule has 0 bridgehead atoms. The summed E-state index contributed by atoms with van der Waals surface area (Å²) in [5.41, 5.74) is 2.83. The van der Waals surface area contributed by atoms with Crippen molar-refractivity contribution in [2.75, 3.05) is 29.0 Å². The molecular weight excluding hydrogens is 512 g/mol. The molecule has 1 aromatic carbocycles. The van der Waals surface area contributed by atoms with Crippen molar-refractivity contribution < 1.29 is 13.2 Å². The molecule has 2 saturated heterocycles. The minimum absolute atomic E-state index is 0.0370. The van der Waals surface area contributed by atoms with Crippen molar-refractivity contribution >= 4 is 44.7 Å². The van der Waals surface area contributed by atoms with E-state index in [0.29, 0.717) is 17.2 Å². The standard InChI is InChI=1S/C26H29ClN6O3S/c1-4-19-8-7-13-31(19)25-17(2)16-33-24(28-25)15-22(29-33)23-9-5-6-12-32(23)26(34)20-14-18(27)10-11-21(20)30-37(3,35)36/h1,10-11,14-16,19,23,30H,5-9,12-13H2,2-3H3/t19?,23-/m0/s1. The summed E-state index contributed by atoms with van der Waals surface area (Å²) in [5, 5.41) is 5.14. The zero-order valence-corrected chi connectivity index (χ0v) is 22.4. The number of halogens is 1. The normalized spacial score (nSPS) is 20.3. The lowest BCUT2D eigenvalue weighted by Gasteiger charge is -2.35. The maximum atomic E-state index is 13.8. The van der Waals surface area contributed by atoms with E-state index in [9.17, 15) is 13.2 Å². The van der Waals surface area contributed by atoms with Crippen molar-refractivity contribution in [1.29, 1.82) is 0 Å². The number of nitrogens with one attached hydrogen (secondary N) is 1. The van der Waals surface area contributed by atoms with E-state index in [0.717, 1.165) is 62.0 Å². The van der Waals surface area contributed by atoms with E-state index < -0.39 is 10.0 Å². The van der Waals surface area contributed by atoms with Gasteiger partial charge >= 0.3 is 0 Å². The minimum Gasteiger partial charge on any atom is -0.342 e. The van der Waals surface area contributed by atoms with Gasteiger partial charge in [-0.2, -0.15) is 5.10 Å². The number of anilines is 2. The van der Waals surface area contributed by atoms with Gasteiger partial charge < -0.3 is 9.80 Å². The van der Waals surface area contributed by atoms with Gasteiger partial charge in [0.05, 0.1) is 35.3 Å². The number of hydrogen-bond acceptors (Lipinski definition) is 6. The summed E-state index contributed by atoms with van der Waals surface area (Å²) in [6.45, 7) is 3.40.